The summed E-state index contributed by atoms with van der Waals surface area (Å²) in [5.74, 6) is 2.53. The van der Waals surface area contributed by atoms with Gasteiger partial charge in [0, 0.05) is 30.4 Å². The van der Waals surface area contributed by atoms with Crippen molar-refractivity contribution in [2.45, 2.75) is 44.3 Å². The lowest BCUT2D eigenvalue weighted by molar-refractivity contribution is 0.212. The van der Waals surface area contributed by atoms with Crippen LogP contribution in [-0.2, 0) is 6.54 Å². The highest BCUT2D eigenvalue weighted by Crippen LogP contribution is 2.46. The lowest BCUT2D eigenvalue weighted by Crippen LogP contribution is -2.31. The van der Waals surface area contributed by atoms with Gasteiger partial charge in [-0.15, -0.1) is 0 Å². The Kier molecular flexibility index (Phi) is 4.18. The molecule has 0 radical (unpaired) electrons. The average Bonchev–Trinajstić information content (AvgIpc) is 2.99. The lowest BCUT2D eigenvalue weighted by Gasteiger charge is -2.27. The number of nitrogen functional groups attached to an aromatic ring is 1. The van der Waals surface area contributed by atoms with Gasteiger partial charge in [-0.1, -0.05) is 6.07 Å². The van der Waals surface area contributed by atoms with Gasteiger partial charge in [-0.3, -0.25) is 4.90 Å². The molecule has 4 nitrogen and oxygen atoms in total. The number of pyridine rings is 1. The molecule has 2 fully saturated rings. The molecule has 0 amide bonds. The van der Waals surface area contributed by atoms with Gasteiger partial charge in [0.1, 0.15) is 5.82 Å². The molecule has 4 atom stereocenters. The smallest absolute Gasteiger partial charge is 0.127 e. The van der Waals surface area contributed by atoms with Crippen LogP contribution in [0.2, 0.25) is 0 Å². The van der Waals surface area contributed by atoms with Crippen molar-refractivity contribution in [1.82, 2.24) is 14.8 Å². The summed E-state index contributed by atoms with van der Waals surface area (Å²) in [5.41, 5.74) is 7.12. The molecule has 2 aliphatic rings. The predicted octanol–water partition coefficient (Wildman–Crippen LogP) is 2.21. The minimum absolute atomic E-state index is 0.676. The van der Waals surface area contributed by atoms with Crippen LogP contribution < -0.4 is 5.73 Å². The van der Waals surface area contributed by atoms with E-state index in [1.54, 1.807) is 6.20 Å². The van der Waals surface area contributed by atoms with Gasteiger partial charge < -0.3 is 10.6 Å². The maximum Gasteiger partial charge on any atom is 0.127 e. The van der Waals surface area contributed by atoms with Crippen molar-refractivity contribution in [3.63, 3.8) is 0 Å². The lowest BCUT2D eigenvalue weighted by atomic mass is 10.0. The maximum atomic E-state index is 5.97. The van der Waals surface area contributed by atoms with E-state index >= 15 is 0 Å². The zero-order valence-corrected chi connectivity index (χ0v) is 13.5. The Hall–Kier alpha value is -1.13. The Bertz CT molecular complexity index is 473. The summed E-state index contributed by atoms with van der Waals surface area (Å²) >= 11 is 0. The van der Waals surface area contributed by atoms with E-state index in [1.165, 1.54) is 25.7 Å². The van der Waals surface area contributed by atoms with E-state index in [0.29, 0.717) is 11.9 Å². The zero-order valence-electron chi connectivity index (χ0n) is 13.5. The van der Waals surface area contributed by atoms with Gasteiger partial charge in [0.05, 0.1) is 0 Å². The van der Waals surface area contributed by atoms with E-state index in [4.69, 9.17) is 5.73 Å². The molecule has 2 N–H and O–H groups in total. The Morgan fingerprint density at radius 1 is 1.10 bits per heavy atom. The molecule has 21 heavy (non-hydrogen) atoms. The average molecular weight is 288 g/mol. The summed E-state index contributed by atoms with van der Waals surface area (Å²) in [7, 11) is 6.68. The Balaban J connectivity index is 1.57. The standard InChI is InChI=1S/C17H28N4/c1-20(2)15-7-13-9-16(10-14(13)8-15)21(3)11-12-5-4-6-19-17(12)18/h4-6,13-16H,7-11H2,1-3H3,(H2,18,19)/t13-,14+,15?,16?. The molecule has 1 aromatic heterocycles. The summed E-state index contributed by atoms with van der Waals surface area (Å²) in [6, 6.07) is 5.59. The molecule has 1 aromatic rings. The largest absolute Gasteiger partial charge is 0.383 e. The number of nitrogens with two attached hydrogens (primary N) is 1. The van der Waals surface area contributed by atoms with Crippen molar-refractivity contribution in [3.05, 3.63) is 23.9 Å². The van der Waals surface area contributed by atoms with E-state index in [2.05, 4.69) is 42.0 Å². The highest BCUT2D eigenvalue weighted by molar-refractivity contribution is 5.38. The monoisotopic (exact) mass is 288 g/mol. The molecule has 0 aromatic carbocycles. The van der Waals surface area contributed by atoms with E-state index in [-0.39, 0.29) is 0 Å². The SMILES string of the molecule is CN(C)C1C[C@@H]2CC(N(C)Cc3cccnc3N)C[C@@H]2C1. The molecular weight excluding hydrogens is 260 g/mol. The summed E-state index contributed by atoms with van der Waals surface area (Å²) < 4.78 is 0. The molecule has 2 saturated carbocycles. The van der Waals surface area contributed by atoms with Crippen LogP contribution in [0.1, 0.15) is 31.2 Å². The molecule has 3 rings (SSSR count). The van der Waals surface area contributed by atoms with Crippen molar-refractivity contribution in [2.24, 2.45) is 11.8 Å². The van der Waals surface area contributed by atoms with Crippen LogP contribution in [0.4, 0.5) is 5.82 Å². The molecule has 1 heterocycles. The third-order valence-corrected chi connectivity index (χ3v) is 5.67. The Morgan fingerprint density at radius 3 is 2.29 bits per heavy atom. The highest BCUT2D eigenvalue weighted by Gasteiger charge is 2.43. The van der Waals surface area contributed by atoms with E-state index in [1.807, 2.05) is 6.07 Å². The fourth-order valence-corrected chi connectivity index (χ4v) is 4.32. The highest BCUT2D eigenvalue weighted by atomic mass is 15.1. The van der Waals surface area contributed by atoms with Crippen molar-refractivity contribution in [3.8, 4) is 0 Å². The van der Waals surface area contributed by atoms with Gasteiger partial charge in [0.2, 0.25) is 0 Å². The fraction of sp³-hybridized carbons (Fsp3) is 0.706. The number of rotatable bonds is 4. The molecule has 0 bridgehead atoms. The van der Waals surface area contributed by atoms with Gasteiger partial charge in [-0.25, -0.2) is 4.98 Å². The van der Waals surface area contributed by atoms with Gasteiger partial charge in [0.25, 0.3) is 0 Å². The fourth-order valence-electron chi connectivity index (χ4n) is 4.32. The van der Waals surface area contributed by atoms with Crippen molar-refractivity contribution < 1.29 is 0 Å². The predicted molar refractivity (Wildman–Crippen MR) is 86.8 cm³/mol. The number of aromatic nitrogens is 1. The molecule has 0 spiro atoms. The van der Waals surface area contributed by atoms with Crippen LogP contribution in [0.5, 0.6) is 0 Å². The van der Waals surface area contributed by atoms with E-state index in [9.17, 15) is 0 Å². The second kappa shape index (κ2) is 5.93. The second-order valence-corrected chi connectivity index (χ2v) is 7.20. The first-order valence-corrected chi connectivity index (χ1v) is 8.10. The first-order chi connectivity index (χ1) is 10.0. The van der Waals surface area contributed by atoms with E-state index in [0.717, 1.165) is 30.0 Å². The third-order valence-electron chi connectivity index (χ3n) is 5.67. The third kappa shape index (κ3) is 3.06. The van der Waals surface area contributed by atoms with Crippen molar-refractivity contribution in [2.75, 3.05) is 26.9 Å². The molecule has 2 aliphatic carbocycles. The second-order valence-electron chi connectivity index (χ2n) is 7.20. The van der Waals surface area contributed by atoms with Gasteiger partial charge >= 0.3 is 0 Å². The van der Waals surface area contributed by atoms with Crippen LogP contribution in [0.25, 0.3) is 0 Å². The van der Waals surface area contributed by atoms with Crippen LogP contribution in [0.15, 0.2) is 18.3 Å². The van der Waals surface area contributed by atoms with Gasteiger partial charge in [0.15, 0.2) is 0 Å². The number of fused-ring (bicyclic) bond motifs is 1. The quantitative estimate of drug-likeness (QED) is 0.923. The molecule has 4 heteroatoms. The van der Waals surface area contributed by atoms with Crippen LogP contribution >= 0.6 is 0 Å². The molecule has 0 saturated heterocycles. The minimum atomic E-state index is 0.676. The summed E-state index contributed by atoms with van der Waals surface area (Å²) in [6.45, 7) is 0.918. The Labute approximate surface area is 128 Å². The molecule has 0 aliphatic heterocycles. The zero-order chi connectivity index (χ0) is 15.0. The molecule has 2 unspecified atom stereocenters. The number of hydrogen-bond acceptors (Lipinski definition) is 4. The first kappa shape index (κ1) is 14.8. The number of anilines is 1. The van der Waals surface area contributed by atoms with Gasteiger partial charge in [-0.2, -0.15) is 0 Å². The van der Waals surface area contributed by atoms with Gasteiger partial charge in [-0.05, 0) is 64.7 Å². The van der Waals surface area contributed by atoms with E-state index < -0.39 is 0 Å². The normalized spacial score (nSPS) is 32.0. The van der Waals surface area contributed by atoms with Crippen molar-refractivity contribution >= 4 is 5.82 Å². The van der Waals surface area contributed by atoms with Crippen LogP contribution in [0, 0.1) is 11.8 Å². The van der Waals surface area contributed by atoms with Crippen molar-refractivity contribution in [1.29, 1.82) is 0 Å². The van der Waals surface area contributed by atoms with Crippen LogP contribution in [-0.4, -0.2) is 48.0 Å². The topological polar surface area (TPSA) is 45.4 Å². The number of nitrogens with zero attached hydrogens (tertiary/aromatic N) is 3. The Morgan fingerprint density at radius 2 is 1.71 bits per heavy atom. The summed E-state index contributed by atoms with van der Waals surface area (Å²) in [5, 5.41) is 0. The molecule has 116 valence electrons. The minimum Gasteiger partial charge on any atom is -0.383 e. The summed E-state index contributed by atoms with van der Waals surface area (Å²) in [6.07, 6.45) is 7.24. The summed E-state index contributed by atoms with van der Waals surface area (Å²) in [4.78, 5) is 9.08. The first-order valence-electron chi connectivity index (χ1n) is 8.10. The number of hydrogen-bond donors (Lipinski definition) is 1. The van der Waals surface area contributed by atoms with Crippen LogP contribution in [0.3, 0.4) is 0 Å². The maximum absolute atomic E-state index is 5.97. The molecular formula is C17H28N4.